The Bertz CT molecular complexity index is 1140. The molecule has 2 N–H and O–H groups in total. The number of carbonyl (C=O) groups is 2. The summed E-state index contributed by atoms with van der Waals surface area (Å²) in [4.78, 5) is 41.2. The quantitative estimate of drug-likeness (QED) is 0.673. The molecule has 0 radical (unpaired) electrons. The number of aromatic nitrogens is 2. The molecule has 3 aromatic rings. The predicted octanol–water partition coefficient (Wildman–Crippen LogP) is 1.56. The number of rotatable bonds is 2. The molecule has 2 heterocycles. The van der Waals surface area contributed by atoms with E-state index in [1.807, 2.05) is 0 Å². The van der Waals surface area contributed by atoms with Crippen molar-refractivity contribution in [2.75, 3.05) is 0 Å². The normalized spacial score (nSPS) is 12.6. The maximum absolute atomic E-state index is 13.6. The van der Waals surface area contributed by atoms with Gasteiger partial charge in [-0.2, -0.15) is 0 Å². The lowest BCUT2D eigenvalue weighted by Gasteiger charge is -2.09. The molecule has 0 saturated carbocycles. The summed E-state index contributed by atoms with van der Waals surface area (Å²) in [6, 6.07) is 9.98. The van der Waals surface area contributed by atoms with Gasteiger partial charge in [0.1, 0.15) is 11.6 Å². The van der Waals surface area contributed by atoms with Crippen molar-refractivity contribution >= 4 is 22.7 Å². The standard InChI is InChI=1S/C19H15FN4O3/c20-14-5-2-1-4-12(14)18(26)23-22-17(25)11-7-8-13-15(10-11)21-16-6-3-9-24(16)19(13)27/h1-2,4-5,7-8,10H,3,6,9H2,(H,22,25)(H,23,26). The van der Waals surface area contributed by atoms with Crippen LogP contribution in [0.25, 0.3) is 10.9 Å². The fourth-order valence-corrected chi connectivity index (χ4v) is 3.12. The smallest absolute Gasteiger partial charge is 0.272 e. The first-order chi connectivity index (χ1) is 13.0. The van der Waals surface area contributed by atoms with Crippen LogP contribution in [0.4, 0.5) is 4.39 Å². The second-order valence-electron chi connectivity index (χ2n) is 6.21. The fourth-order valence-electron chi connectivity index (χ4n) is 3.12. The summed E-state index contributed by atoms with van der Waals surface area (Å²) in [6.07, 6.45) is 1.59. The summed E-state index contributed by atoms with van der Waals surface area (Å²) < 4.78 is 15.2. The Kier molecular flexibility index (Phi) is 4.15. The molecule has 7 nitrogen and oxygen atoms in total. The van der Waals surface area contributed by atoms with Crippen LogP contribution in [0.5, 0.6) is 0 Å². The lowest BCUT2D eigenvalue weighted by molar-refractivity contribution is 0.0844. The largest absolute Gasteiger partial charge is 0.296 e. The van der Waals surface area contributed by atoms with E-state index in [4.69, 9.17) is 0 Å². The van der Waals surface area contributed by atoms with Gasteiger partial charge in [-0.1, -0.05) is 12.1 Å². The molecule has 0 unspecified atom stereocenters. The number of fused-ring (bicyclic) bond motifs is 2. The van der Waals surface area contributed by atoms with Gasteiger partial charge in [0.15, 0.2) is 0 Å². The van der Waals surface area contributed by atoms with Crippen LogP contribution in [-0.4, -0.2) is 21.4 Å². The van der Waals surface area contributed by atoms with Crippen LogP contribution in [0.3, 0.4) is 0 Å². The molecule has 4 rings (SSSR count). The van der Waals surface area contributed by atoms with Crippen LogP contribution < -0.4 is 16.4 Å². The maximum Gasteiger partial charge on any atom is 0.272 e. The lowest BCUT2D eigenvalue weighted by atomic mass is 10.1. The molecule has 2 aromatic carbocycles. The molecule has 0 bridgehead atoms. The number of carbonyl (C=O) groups excluding carboxylic acids is 2. The molecule has 1 aromatic heterocycles. The molecule has 0 aliphatic carbocycles. The highest BCUT2D eigenvalue weighted by atomic mass is 19.1. The monoisotopic (exact) mass is 366 g/mol. The highest BCUT2D eigenvalue weighted by Crippen LogP contribution is 2.16. The number of hydrazine groups is 1. The van der Waals surface area contributed by atoms with Crippen LogP contribution >= 0.6 is 0 Å². The predicted molar refractivity (Wildman–Crippen MR) is 95.7 cm³/mol. The minimum atomic E-state index is -0.767. The van der Waals surface area contributed by atoms with Crippen LogP contribution in [0.2, 0.25) is 0 Å². The third kappa shape index (κ3) is 3.05. The molecule has 8 heteroatoms. The van der Waals surface area contributed by atoms with Gasteiger partial charge in [0.05, 0.1) is 16.5 Å². The van der Waals surface area contributed by atoms with Gasteiger partial charge in [0, 0.05) is 18.5 Å². The topological polar surface area (TPSA) is 93.1 Å². The van der Waals surface area contributed by atoms with E-state index in [2.05, 4.69) is 15.8 Å². The van der Waals surface area contributed by atoms with Crippen molar-refractivity contribution in [3.05, 3.63) is 75.6 Å². The number of benzene rings is 2. The molecule has 1 aliphatic rings. The first-order valence-corrected chi connectivity index (χ1v) is 8.43. The summed E-state index contributed by atoms with van der Waals surface area (Å²) in [5.74, 6) is -1.34. The van der Waals surface area contributed by atoms with Crippen molar-refractivity contribution in [2.24, 2.45) is 0 Å². The Morgan fingerprint density at radius 1 is 1.07 bits per heavy atom. The summed E-state index contributed by atoms with van der Waals surface area (Å²) in [5, 5.41) is 0.438. The number of hydrogen-bond donors (Lipinski definition) is 2. The molecule has 0 spiro atoms. The van der Waals surface area contributed by atoms with Crippen LogP contribution in [0.15, 0.2) is 47.3 Å². The van der Waals surface area contributed by atoms with E-state index in [1.165, 1.54) is 30.3 Å². The molecule has 1 aliphatic heterocycles. The molecule has 0 saturated heterocycles. The van der Waals surface area contributed by atoms with Gasteiger partial charge in [-0.05, 0) is 36.8 Å². The van der Waals surface area contributed by atoms with E-state index < -0.39 is 17.6 Å². The van der Waals surface area contributed by atoms with Crippen molar-refractivity contribution in [3.8, 4) is 0 Å². The number of amides is 2. The van der Waals surface area contributed by atoms with E-state index in [0.29, 0.717) is 23.3 Å². The van der Waals surface area contributed by atoms with Gasteiger partial charge < -0.3 is 0 Å². The second-order valence-corrected chi connectivity index (χ2v) is 6.21. The third-order valence-corrected chi connectivity index (χ3v) is 4.49. The highest BCUT2D eigenvalue weighted by molar-refractivity contribution is 6.00. The third-order valence-electron chi connectivity index (χ3n) is 4.49. The van der Waals surface area contributed by atoms with Crippen LogP contribution in [0.1, 0.15) is 33.0 Å². The Morgan fingerprint density at radius 3 is 2.67 bits per heavy atom. The zero-order chi connectivity index (χ0) is 19.0. The van der Waals surface area contributed by atoms with E-state index in [-0.39, 0.29) is 16.7 Å². The SMILES string of the molecule is O=C(NNC(=O)c1ccccc1F)c1ccc2c(=O)n3c(nc2c1)CCC3. The maximum atomic E-state index is 13.6. The molecule has 0 fully saturated rings. The number of hydrogen-bond acceptors (Lipinski definition) is 4. The van der Waals surface area contributed by atoms with E-state index >= 15 is 0 Å². The van der Waals surface area contributed by atoms with Crippen molar-refractivity contribution in [1.29, 1.82) is 0 Å². The Labute approximate surface area is 152 Å². The summed E-state index contributed by atoms with van der Waals surface area (Å²) in [7, 11) is 0. The second kappa shape index (κ2) is 6.64. The van der Waals surface area contributed by atoms with Crippen molar-refractivity contribution < 1.29 is 14.0 Å². The van der Waals surface area contributed by atoms with Gasteiger partial charge in [-0.15, -0.1) is 0 Å². The Hall–Kier alpha value is -3.55. The average molecular weight is 366 g/mol. The minimum absolute atomic E-state index is 0.118. The Morgan fingerprint density at radius 2 is 1.85 bits per heavy atom. The lowest BCUT2D eigenvalue weighted by Crippen LogP contribution is -2.42. The number of aryl methyl sites for hydroxylation is 1. The highest BCUT2D eigenvalue weighted by Gasteiger charge is 2.17. The molecular weight excluding hydrogens is 351 g/mol. The van der Waals surface area contributed by atoms with E-state index in [0.717, 1.165) is 18.9 Å². The first kappa shape index (κ1) is 16.9. The number of halogens is 1. The fraction of sp³-hybridized carbons (Fsp3) is 0.158. The van der Waals surface area contributed by atoms with E-state index in [1.54, 1.807) is 10.6 Å². The summed E-state index contributed by atoms with van der Waals surface area (Å²) in [6.45, 7) is 0.654. The zero-order valence-corrected chi connectivity index (χ0v) is 14.2. The molecule has 27 heavy (non-hydrogen) atoms. The number of nitrogens with zero attached hydrogens (tertiary/aromatic N) is 2. The average Bonchev–Trinajstić information content (AvgIpc) is 3.14. The molecule has 136 valence electrons. The van der Waals surface area contributed by atoms with Gasteiger partial charge in [0.2, 0.25) is 0 Å². The molecular formula is C19H15FN4O3. The van der Waals surface area contributed by atoms with Crippen molar-refractivity contribution in [1.82, 2.24) is 20.4 Å². The van der Waals surface area contributed by atoms with Gasteiger partial charge in [-0.3, -0.25) is 29.8 Å². The van der Waals surface area contributed by atoms with Gasteiger partial charge in [0.25, 0.3) is 17.4 Å². The van der Waals surface area contributed by atoms with Crippen LogP contribution in [0, 0.1) is 5.82 Å². The van der Waals surface area contributed by atoms with E-state index in [9.17, 15) is 18.8 Å². The van der Waals surface area contributed by atoms with Crippen LogP contribution in [-0.2, 0) is 13.0 Å². The van der Waals surface area contributed by atoms with Gasteiger partial charge >= 0.3 is 0 Å². The zero-order valence-electron chi connectivity index (χ0n) is 14.2. The summed E-state index contributed by atoms with van der Waals surface area (Å²) in [5.41, 5.74) is 4.78. The first-order valence-electron chi connectivity index (χ1n) is 8.43. The Balaban J connectivity index is 1.55. The van der Waals surface area contributed by atoms with Crippen molar-refractivity contribution in [3.63, 3.8) is 0 Å². The molecule has 2 amide bonds. The van der Waals surface area contributed by atoms with Crippen molar-refractivity contribution in [2.45, 2.75) is 19.4 Å². The van der Waals surface area contributed by atoms with Gasteiger partial charge in [-0.25, -0.2) is 9.37 Å². The number of nitrogens with one attached hydrogen (secondary N) is 2. The minimum Gasteiger partial charge on any atom is -0.296 e. The summed E-state index contributed by atoms with van der Waals surface area (Å²) >= 11 is 0. The molecule has 0 atom stereocenters.